The minimum absolute atomic E-state index is 0.475. The van der Waals surface area contributed by atoms with Gasteiger partial charge in [-0.15, -0.1) is 10.2 Å². The molecule has 0 saturated heterocycles. The van der Waals surface area contributed by atoms with Crippen molar-refractivity contribution >= 4 is 53.8 Å². The molecule has 4 heterocycles. The molecule has 1 aromatic carbocycles. The fraction of sp³-hybridized carbons (Fsp3) is 0.105. The van der Waals surface area contributed by atoms with E-state index >= 15 is 0 Å². The Kier molecular flexibility index (Phi) is 3.73. The Balaban J connectivity index is 1.68. The van der Waals surface area contributed by atoms with E-state index in [-0.39, 0.29) is 0 Å². The number of hydrogen-bond acceptors (Lipinski definition) is 4. The van der Waals surface area contributed by atoms with Crippen molar-refractivity contribution in [3.8, 4) is 22.9 Å². The number of halogens is 2. The van der Waals surface area contributed by atoms with Gasteiger partial charge in [0.05, 0.1) is 11.1 Å². The minimum atomic E-state index is 0.475. The van der Waals surface area contributed by atoms with Gasteiger partial charge in [0.15, 0.2) is 0 Å². The lowest BCUT2D eigenvalue weighted by Crippen LogP contribution is -1.86. The highest BCUT2D eigenvalue weighted by atomic mass is 79.9. The number of nitrogens with zero attached hydrogens (tertiary/aromatic N) is 5. The summed E-state index contributed by atoms with van der Waals surface area (Å²) in [6.45, 7) is 0. The van der Waals surface area contributed by atoms with Crippen molar-refractivity contribution in [1.29, 1.82) is 0 Å². The van der Waals surface area contributed by atoms with E-state index in [2.05, 4.69) is 63.7 Å². The second-order valence-electron chi connectivity index (χ2n) is 6.41. The SMILES string of the molecule is Cn1cc(-c2nnc(-c3cn(C)c4ncc(Br)cc34)o2)c2cc(Br)ccc21. The van der Waals surface area contributed by atoms with Crippen LogP contribution in [0, 0.1) is 0 Å². The van der Waals surface area contributed by atoms with Crippen LogP contribution in [-0.2, 0) is 14.1 Å². The van der Waals surface area contributed by atoms with E-state index in [1.807, 2.05) is 43.2 Å². The van der Waals surface area contributed by atoms with Crippen molar-refractivity contribution in [1.82, 2.24) is 24.3 Å². The minimum Gasteiger partial charge on any atom is -0.416 e. The van der Waals surface area contributed by atoms with Gasteiger partial charge in [0.2, 0.25) is 11.8 Å². The number of aromatic nitrogens is 5. The van der Waals surface area contributed by atoms with Crippen molar-refractivity contribution in [3.63, 3.8) is 0 Å². The predicted molar refractivity (Wildman–Crippen MR) is 111 cm³/mol. The topological polar surface area (TPSA) is 61.7 Å². The zero-order valence-corrected chi connectivity index (χ0v) is 17.6. The van der Waals surface area contributed by atoms with Crippen LogP contribution in [0.15, 0.2) is 56.2 Å². The first-order chi connectivity index (χ1) is 13.0. The molecule has 8 heteroatoms. The Bertz CT molecular complexity index is 1230. The predicted octanol–water partition coefficient (Wildman–Crippen LogP) is 5.31. The highest BCUT2D eigenvalue weighted by Crippen LogP contribution is 2.35. The number of benzene rings is 1. The summed E-state index contributed by atoms with van der Waals surface area (Å²) >= 11 is 7.02. The zero-order chi connectivity index (χ0) is 18.7. The molecule has 0 bridgehead atoms. The first-order valence-electron chi connectivity index (χ1n) is 8.20. The molecule has 0 aliphatic heterocycles. The lowest BCUT2D eigenvalue weighted by Gasteiger charge is -1.96. The van der Waals surface area contributed by atoms with E-state index < -0.39 is 0 Å². The summed E-state index contributed by atoms with van der Waals surface area (Å²) in [7, 11) is 3.96. The van der Waals surface area contributed by atoms with Gasteiger partial charge in [-0.05, 0) is 40.2 Å². The van der Waals surface area contributed by atoms with Crippen molar-refractivity contribution in [2.24, 2.45) is 14.1 Å². The molecule has 5 aromatic rings. The number of aryl methyl sites for hydroxylation is 2. The van der Waals surface area contributed by atoms with Crippen LogP contribution in [0.2, 0.25) is 0 Å². The van der Waals surface area contributed by atoms with E-state index in [1.54, 1.807) is 6.20 Å². The highest BCUT2D eigenvalue weighted by Gasteiger charge is 2.19. The summed E-state index contributed by atoms with van der Waals surface area (Å²) in [5, 5.41) is 10.6. The Morgan fingerprint density at radius 2 is 1.52 bits per heavy atom. The summed E-state index contributed by atoms with van der Waals surface area (Å²) in [5.41, 5.74) is 3.74. The number of rotatable bonds is 2. The quantitative estimate of drug-likeness (QED) is 0.339. The summed E-state index contributed by atoms with van der Waals surface area (Å²) in [6, 6.07) is 8.16. The molecule has 0 unspecified atom stereocenters. The summed E-state index contributed by atoms with van der Waals surface area (Å²) in [6.07, 6.45) is 5.75. The largest absolute Gasteiger partial charge is 0.416 e. The molecule has 0 spiro atoms. The Morgan fingerprint density at radius 1 is 0.852 bits per heavy atom. The standard InChI is InChI=1S/C19H13Br2N5O/c1-25-8-14(12-5-10(20)3-4-16(12)25)18-23-24-19(27-18)15-9-26(2)17-13(15)6-11(21)7-22-17/h3-9H,1-2H3. The van der Waals surface area contributed by atoms with Crippen LogP contribution in [0.3, 0.4) is 0 Å². The van der Waals surface area contributed by atoms with E-state index in [0.29, 0.717) is 11.8 Å². The molecule has 0 radical (unpaired) electrons. The molecule has 27 heavy (non-hydrogen) atoms. The van der Waals surface area contributed by atoms with E-state index in [0.717, 1.165) is 42.0 Å². The third-order valence-electron chi connectivity index (χ3n) is 4.62. The molecule has 0 saturated carbocycles. The molecular formula is C19H13Br2N5O. The van der Waals surface area contributed by atoms with Gasteiger partial charge in [-0.3, -0.25) is 0 Å². The number of pyridine rings is 1. The Hall–Kier alpha value is -2.45. The van der Waals surface area contributed by atoms with Gasteiger partial charge in [0.25, 0.3) is 0 Å². The number of hydrogen-bond donors (Lipinski definition) is 0. The second-order valence-corrected chi connectivity index (χ2v) is 8.24. The molecule has 5 rings (SSSR count). The van der Waals surface area contributed by atoms with Crippen molar-refractivity contribution in [3.05, 3.63) is 51.8 Å². The van der Waals surface area contributed by atoms with Gasteiger partial charge in [-0.2, -0.15) is 0 Å². The fourth-order valence-electron chi connectivity index (χ4n) is 3.38. The van der Waals surface area contributed by atoms with Crippen molar-refractivity contribution in [2.75, 3.05) is 0 Å². The molecule has 4 aromatic heterocycles. The maximum absolute atomic E-state index is 6.07. The maximum Gasteiger partial charge on any atom is 0.250 e. The van der Waals surface area contributed by atoms with Gasteiger partial charge in [0, 0.05) is 57.9 Å². The van der Waals surface area contributed by atoms with Crippen LogP contribution < -0.4 is 0 Å². The van der Waals surface area contributed by atoms with Crippen LogP contribution in [0.1, 0.15) is 0 Å². The Morgan fingerprint density at radius 3 is 2.30 bits per heavy atom. The molecule has 0 amide bonds. The van der Waals surface area contributed by atoms with Gasteiger partial charge >= 0.3 is 0 Å². The first-order valence-corrected chi connectivity index (χ1v) is 9.79. The molecule has 0 fully saturated rings. The van der Waals surface area contributed by atoms with Crippen LogP contribution in [0.25, 0.3) is 44.8 Å². The van der Waals surface area contributed by atoms with Crippen LogP contribution in [-0.4, -0.2) is 24.3 Å². The van der Waals surface area contributed by atoms with Crippen LogP contribution >= 0.6 is 31.9 Å². The maximum atomic E-state index is 6.07. The summed E-state index contributed by atoms with van der Waals surface area (Å²) in [5.74, 6) is 0.969. The molecule has 0 N–H and O–H groups in total. The van der Waals surface area contributed by atoms with E-state index in [9.17, 15) is 0 Å². The smallest absolute Gasteiger partial charge is 0.250 e. The monoisotopic (exact) mass is 485 g/mol. The van der Waals surface area contributed by atoms with Crippen molar-refractivity contribution < 1.29 is 4.42 Å². The second kappa shape index (κ2) is 6.03. The molecule has 0 atom stereocenters. The molecular weight excluding hydrogens is 474 g/mol. The van der Waals surface area contributed by atoms with Crippen LogP contribution in [0.5, 0.6) is 0 Å². The summed E-state index contributed by atoms with van der Waals surface area (Å²) in [4.78, 5) is 4.46. The number of fused-ring (bicyclic) bond motifs is 2. The third-order valence-corrected chi connectivity index (χ3v) is 5.54. The lowest BCUT2D eigenvalue weighted by molar-refractivity contribution is 0.585. The fourth-order valence-corrected chi connectivity index (χ4v) is 4.07. The van der Waals surface area contributed by atoms with Gasteiger partial charge in [-0.25, -0.2) is 4.98 Å². The molecule has 0 aliphatic carbocycles. The average Bonchev–Trinajstić information content (AvgIpc) is 3.32. The Labute approximate surface area is 171 Å². The first kappa shape index (κ1) is 16.7. The highest BCUT2D eigenvalue weighted by molar-refractivity contribution is 9.10. The third kappa shape index (κ3) is 2.62. The van der Waals surface area contributed by atoms with Gasteiger partial charge in [0.1, 0.15) is 5.65 Å². The zero-order valence-electron chi connectivity index (χ0n) is 14.4. The molecule has 6 nitrogen and oxygen atoms in total. The lowest BCUT2D eigenvalue weighted by atomic mass is 10.2. The molecule has 134 valence electrons. The summed E-state index contributed by atoms with van der Waals surface area (Å²) < 4.78 is 12.0. The van der Waals surface area contributed by atoms with Gasteiger partial charge in [-0.1, -0.05) is 15.9 Å². The normalized spacial score (nSPS) is 11.7. The van der Waals surface area contributed by atoms with E-state index in [1.165, 1.54) is 0 Å². The average molecular weight is 487 g/mol. The van der Waals surface area contributed by atoms with Crippen LogP contribution in [0.4, 0.5) is 0 Å². The molecule has 0 aliphatic rings. The van der Waals surface area contributed by atoms with E-state index in [4.69, 9.17) is 4.42 Å². The van der Waals surface area contributed by atoms with Gasteiger partial charge < -0.3 is 13.6 Å². The van der Waals surface area contributed by atoms with Crippen molar-refractivity contribution in [2.45, 2.75) is 0 Å².